The number of nitrogens with zero attached hydrogens (tertiary/aromatic N) is 2. The van der Waals surface area contributed by atoms with E-state index in [0.717, 1.165) is 36.2 Å². The quantitative estimate of drug-likeness (QED) is 0.764. The zero-order valence-electron chi connectivity index (χ0n) is 10.1. The van der Waals surface area contributed by atoms with Crippen LogP contribution >= 0.6 is 15.9 Å². The number of rotatable bonds is 4. The lowest BCUT2D eigenvalue weighted by atomic mass is 10.3. The molecule has 4 heteroatoms. The lowest BCUT2D eigenvalue weighted by Gasteiger charge is -2.09. The van der Waals surface area contributed by atoms with Crippen LogP contribution in [0.4, 0.5) is 4.39 Å². The van der Waals surface area contributed by atoms with Crippen molar-refractivity contribution in [1.29, 1.82) is 0 Å². The van der Waals surface area contributed by atoms with Crippen molar-refractivity contribution in [3.8, 4) is 0 Å². The van der Waals surface area contributed by atoms with Crippen LogP contribution in [-0.4, -0.2) is 9.55 Å². The molecule has 1 aromatic carbocycles. The van der Waals surface area contributed by atoms with Crippen LogP contribution in [0.15, 0.2) is 18.2 Å². The van der Waals surface area contributed by atoms with Gasteiger partial charge in [0.15, 0.2) is 0 Å². The SMILES string of the molecule is CCCCn1c(C(C)Br)nc2cc(F)ccc21. The first kappa shape index (κ1) is 12.6. The number of unbranched alkanes of at least 4 members (excludes halogenated alkanes) is 1. The number of benzene rings is 1. The molecule has 0 aliphatic carbocycles. The van der Waals surface area contributed by atoms with Gasteiger partial charge >= 0.3 is 0 Å². The van der Waals surface area contributed by atoms with Crippen molar-refractivity contribution in [2.75, 3.05) is 0 Å². The van der Waals surface area contributed by atoms with E-state index in [1.54, 1.807) is 0 Å². The number of halogens is 2. The lowest BCUT2D eigenvalue weighted by Crippen LogP contribution is -2.04. The largest absolute Gasteiger partial charge is 0.327 e. The fourth-order valence-corrected chi connectivity index (χ4v) is 2.33. The van der Waals surface area contributed by atoms with Crippen LogP contribution in [0.25, 0.3) is 11.0 Å². The van der Waals surface area contributed by atoms with E-state index in [-0.39, 0.29) is 10.6 Å². The van der Waals surface area contributed by atoms with Crippen LogP contribution < -0.4 is 0 Å². The summed E-state index contributed by atoms with van der Waals surface area (Å²) in [5.74, 6) is 0.741. The van der Waals surface area contributed by atoms with E-state index in [0.29, 0.717) is 0 Å². The summed E-state index contributed by atoms with van der Waals surface area (Å²) < 4.78 is 15.3. The first-order chi connectivity index (χ1) is 8.13. The minimum Gasteiger partial charge on any atom is -0.327 e. The van der Waals surface area contributed by atoms with Gasteiger partial charge in [-0.1, -0.05) is 29.3 Å². The maximum Gasteiger partial charge on any atom is 0.125 e. The maximum atomic E-state index is 13.2. The normalized spacial score (nSPS) is 13.2. The number of aromatic nitrogens is 2. The van der Waals surface area contributed by atoms with Crippen molar-refractivity contribution in [1.82, 2.24) is 9.55 Å². The Bertz CT molecular complexity index is 519. The second-order valence-corrected chi connectivity index (χ2v) is 5.60. The van der Waals surface area contributed by atoms with Gasteiger partial charge in [0.05, 0.1) is 15.9 Å². The molecule has 0 saturated heterocycles. The highest BCUT2D eigenvalue weighted by atomic mass is 79.9. The summed E-state index contributed by atoms with van der Waals surface area (Å²) in [4.78, 5) is 4.68. The molecule has 0 amide bonds. The molecule has 0 radical (unpaired) electrons. The fraction of sp³-hybridized carbons (Fsp3) is 0.462. The molecule has 2 rings (SSSR count). The van der Waals surface area contributed by atoms with E-state index in [1.165, 1.54) is 12.1 Å². The molecular formula is C13H16BrFN2. The van der Waals surface area contributed by atoms with Crippen molar-refractivity contribution in [3.63, 3.8) is 0 Å². The molecule has 2 nitrogen and oxygen atoms in total. The zero-order valence-corrected chi connectivity index (χ0v) is 11.7. The Balaban J connectivity index is 2.54. The van der Waals surface area contributed by atoms with Crippen LogP contribution in [0.5, 0.6) is 0 Å². The molecule has 0 saturated carbocycles. The van der Waals surface area contributed by atoms with Gasteiger partial charge in [-0.3, -0.25) is 0 Å². The van der Waals surface area contributed by atoms with Crippen molar-refractivity contribution in [2.24, 2.45) is 0 Å². The van der Waals surface area contributed by atoms with Crippen molar-refractivity contribution >= 4 is 27.0 Å². The highest BCUT2D eigenvalue weighted by Crippen LogP contribution is 2.26. The Morgan fingerprint density at radius 3 is 2.88 bits per heavy atom. The standard InChI is InChI=1S/C13H16BrFN2/c1-3-4-7-17-12-6-5-10(15)8-11(12)16-13(17)9(2)14/h5-6,8-9H,3-4,7H2,1-2H3. The van der Waals surface area contributed by atoms with Crippen molar-refractivity contribution in [2.45, 2.75) is 38.1 Å². The average Bonchev–Trinajstić information content (AvgIpc) is 2.64. The highest BCUT2D eigenvalue weighted by molar-refractivity contribution is 9.09. The van der Waals surface area contributed by atoms with E-state index in [2.05, 4.69) is 32.4 Å². The Morgan fingerprint density at radius 2 is 2.24 bits per heavy atom. The summed E-state index contributed by atoms with van der Waals surface area (Å²) in [5, 5.41) is 0. The topological polar surface area (TPSA) is 17.8 Å². The molecule has 0 N–H and O–H groups in total. The van der Waals surface area contributed by atoms with Crippen LogP contribution in [-0.2, 0) is 6.54 Å². The zero-order chi connectivity index (χ0) is 12.4. The van der Waals surface area contributed by atoms with Gasteiger partial charge in [-0.2, -0.15) is 0 Å². The van der Waals surface area contributed by atoms with Gasteiger partial charge in [-0.05, 0) is 25.5 Å². The summed E-state index contributed by atoms with van der Waals surface area (Å²) in [7, 11) is 0. The Morgan fingerprint density at radius 1 is 1.47 bits per heavy atom. The summed E-state index contributed by atoms with van der Waals surface area (Å²) in [6, 6.07) is 4.80. The van der Waals surface area contributed by atoms with E-state index in [4.69, 9.17) is 0 Å². The smallest absolute Gasteiger partial charge is 0.125 e. The molecule has 0 bridgehead atoms. The summed E-state index contributed by atoms with van der Waals surface area (Å²) >= 11 is 3.54. The van der Waals surface area contributed by atoms with Gasteiger partial charge in [-0.15, -0.1) is 0 Å². The Kier molecular flexibility index (Phi) is 3.82. The molecule has 1 aromatic heterocycles. The first-order valence-corrected chi connectivity index (χ1v) is 6.84. The van der Waals surface area contributed by atoms with E-state index in [9.17, 15) is 4.39 Å². The fourth-order valence-electron chi connectivity index (χ4n) is 1.98. The average molecular weight is 299 g/mol. The molecule has 0 fully saturated rings. The molecular weight excluding hydrogens is 283 g/mol. The van der Waals surface area contributed by atoms with Crippen LogP contribution in [0.2, 0.25) is 0 Å². The van der Waals surface area contributed by atoms with Crippen molar-refractivity contribution < 1.29 is 4.39 Å². The molecule has 0 aliphatic heterocycles. The van der Waals surface area contributed by atoms with Crippen LogP contribution in [0.3, 0.4) is 0 Å². The Hall–Kier alpha value is -0.900. The minimum atomic E-state index is -0.230. The van der Waals surface area contributed by atoms with Gasteiger partial charge < -0.3 is 4.57 Å². The molecule has 1 atom stereocenters. The predicted molar refractivity (Wildman–Crippen MR) is 71.9 cm³/mol. The third-order valence-corrected chi connectivity index (χ3v) is 3.24. The number of imidazole rings is 1. The van der Waals surface area contributed by atoms with E-state index >= 15 is 0 Å². The van der Waals surface area contributed by atoms with Crippen LogP contribution in [0, 0.1) is 5.82 Å². The van der Waals surface area contributed by atoms with Gasteiger partial charge in [0.25, 0.3) is 0 Å². The lowest BCUT2D eigenvalue weighted by molar-refractivity contribution is 0.617. The number of hydrogen-bond donors (Lipinski definition) is 0. The number of aryl methyl sites for hydroxylation is 1. The summed E-state index contributed by atoms with van der Waals surface area (Å²) in [5.41, 5.74) is 1.75. The number of alkyl halides is 1. The first-order valence-electron chi connectivity index (χ1n) is 5.93. The molecule has 17 heavy (non-hydrogen) atoms. The number of fused-ring (bicyclic) bond motifs is 1. The summed E-state index contributed by atoms with van der Waals surface area (Å²) in [6.45, 7) is 5.14. The molecule has 92 valence electrons. The third-order valence-electron chi connectivity index (χ3n) is 2.83. The highest BCUT2D eigenvalue weighted by Gasteiger charge is 2.14. The third kappa shape index (κ3) is 2.51. The number of hydrogen-bond acceptors (Lipinski definition) is 1. The second-order valence-electron chi connectivity index (χ2n) is 4.22. The van der Waals surface area contributed by atoms with Crippen molar-refractivity contribution in [3.05, 3.63) is 29.8 Å². The molecule has 1 unspecified atom stereocenters. The maximum absolute atomic E-state index is 13.2. The Labute approximate surface area is 109 Å². The minimum absolute atomic E-state index is 0.176. The monoisotopic (exact) mass is 298 g/mol. The van der Waals surface area contributed by atoms with Gasteiger partial charge in [0.2, 0.25) is 0 Å². The predicted octanol–water partition coefficient (Wildman–Crippen LogP) is 4.43. The molecule has 2 aromatic rings. The molecule has 0 aliphatic rings. The van der Waals surface area contributed by atoms with E-state index < -0.39 is 0 Å². The van der Waals surface area contributed by atoms with Crippen LogP contribution in [0.1, 0.15) is 37.3 Å². The molecule has 0 spiro atoms. The van der Waals surface area contributed by atoms with Gasteiger partial charge in [0.1, 0.15) is 11.6 Å². The summed E-state index contributed by atoms with van der Waals surface area (Å²) in [6.07, 6.45) is 2.24. The van der Waals surface area contributed by atoms with Gasteiger partial charge in [0, 0.05) is 12.6 Å². The second kappa shape index (κ2) is 5.17. The van der Waals surface area contributed by atoms with Gasteiger partial charge in [-0.25, -0.2) is 9.37 Å². The molecule has 1 heterocycles. The van der Waals surface area contributed by atoms with E-state index in [1.807, 2.05) is 13.0 Å².